The molecule has 0 aliphatic carbocycles. The van der Waals surface area contributed by atoms with Gasteiger partial charge in [-0.25, -0.2) is 8.37 Å². The molecule has 0 radical (unpaired) electrons. The first-order valence-electron chi connectivity index (χ1n) is 20.7. The van der Waals surface area contributed by atoms with E-state index in [-0.39, 0.29) is 13.2 Å². The maximum absolute atomic E-state index is 12.0. The first-order valence-corrected chi connectivity index (χ1v) is 22.1. The van der Waals surface area contributed by atoms with Crippen LogP contribution in [0.25, 0.3) is 0 Å². The van der Waals surface area contributed by atoms with Gasteiger partial charge in [0.05, 0.1) is 13.2 Å². The second-order valence-corrected chi connectivity index (χ2v) is 15.5. The first kappa shape index (κ1) is 46.3. The van der Waals surface area contributed by atoms with Crippen LogP contribution in [-0.2, 0) is 23.6 Å². The lowest BCUT2D eigenvalue weighted by Crippen LogP contribution is -2.12. The normalized spacial score (nSPS) is 11.9. The molecule has 0 fully saturated rings. The Morgan fingerprint density at radius 3 is 0.830 bits per heavy atom. The number of hydrogen-bond donors (Lipinski definition) is 1. The minimum Gasteiger partial charge on any atom is -0.481 e. The van der Waals surface area contributed by atoms with Crippen LogP contribution in [-0.4, -0.2) is 32.7 Å². The van der Waals surface area contributed by atoms with Crippen LogP contribution in [0, 0.1) is 0 Å². The third kappa shape index (κ3) is 41.4. The molecule has 0 aromatic carbocycles. The highest BCUT2D eigenvalue weighted by molar-refractivity contribution is 7.81. The molecule has 47 heavy (non-hydrogen) atoms. The molecule has 282 valence electrons. The zero-order valence-corrected chi connectivity index (χ0v) is 32.1. The molecule has 0 aliphatic rings. The van der Waals surface area contributed by atoms with Crippen molar-refractivity contribution >= 4 is 16.4 Å². The second kappa shape index (κ2) is 38.1. The molecule has 6 nitrogen and oxygen atoms in total. The van der Waals surface area contributed by atoms with Crippen molar-refractivity contribution in [3.05, 3.63) is 0 Å². The zero-order chi connectivity index (χ0) is 34.4. The van der Waals surface area contributed by atoms with E-state index in [1.165, 1.54) is 173 Å². The third-order valence-electron chi connectivity index (χ3n) is 9.49. The van der Waals surface area contributed by atoms with Crippen molar-refractivity contribution in [2.45, 2.75) is 238 Å². The molecule has 0 amide bonds. The standard InChI is InChI=1S/C40H80O6S/c1-2-3-4-5-6-7-8-9-10-11-14-17-20-23-26-29-32-35-38-45-47(43,44)46-39-36-33-30-27-24-21-18-15-12-13-16-19-22-25-28-31-34-37-40(41)42/h2-39H2,1H3,(H,41,42). The van der Waals surface area contributed by atoms with Crippen LogP contribution in [0.4, 0.5) is 0 Å². The summed E-state index contributed by atoms with van der Waals surface area (Å²) in [6.45, 7) is 2.74. The average Bonchev–Trinajstić information content (AvgIpc) is 3.04. The van der Waals surface area contributed by atoms with Gasteiger partial charge in [-0.2, -0.15) is 8.42 Å². The van der Waals surface area contributed by atoms with Gasteiger partial charge in [0.1, 0.15) is 0 Å². The largest absolute Gasteiger partial charge is 0.481 e. The molecule has 1 N–H and O–H groups in total. The van der Waals surface area contributed by atoms with Crippen LogP contribution >= 0.6 is 0 Å². The molecule has 0 unspecified atom stereocenters. The SMILES string of the molecule is CCCCCCCCCCCCCCCCCCCCOS(=O)(=O)OCCCCCCCCCCCCCCCCCCCC(=O)O. The summed E-state index contributed by atoms with van der Waals surface area (Å²) in [4.78, 5) is 10.5. The van der Waals surface area contributed by atoms with Crippen molar-refractivity contribution in [2.24, 2.45) is 0 Å². The number of hydrogen-bond acceptors (Lipinski definition) is 5. The van der Waals surface area contributed by atoms with E-state index in [1.807, 2.05) is 0 Å². The van der Waals surface area contributed by atoms with Crippen LogP contribution in [0.3, 0.4) is 0 Å². The fourth-order valence-electron chi connectivity index (χ4n) is 6.39. The Balaban J connectivity index is 3.26. The summed E-state index contributed by atoms with van der Waals surface area (Å²) in [6, 6.07) is 0. The summed E-state index contributed by atoms with van der Waals surface area (Å²) in [5.41, 5.74) is 0. The third-order valence-corrected chi connectivity index (χ3v) is 10.4. The van der Waals surface area contributed by atoms with Gasteiger partial charge in [0, 0.05) is 6.42 Å². The summed E-state index contributed by atoms with van der Waals surface area (Å²) < 4.78 is 34.0. The maximum atomic E-state index is 12.0. The summed E-state index contributed by atoms with van der Waals surface area (Å²) in [5.74, 6) is -0.674. The van der Waals surface area contributed by atoms with E-state index < -0.39 is 16.4 Å². The average molecular weight is 689 g/mol. The zero-order valence-electron chi connectivity index (χ0n) is 31.3. The highest BCUT2D eigenvalue weighted by Crippen LogP contribution is 2.16. The van der Waals surface area contributed by atoms with Crippen LogP contribution in [0.2, 0.25) is 0 Å². The Labute approximate surface area is 293 Å². The predicted molar refractivity (Wildman–Crippen MR) is 200 cm³/mol. The fraction of sp³-hybridized carbons (Fsp3) is 0.975. The monoisotopic (exact) mass is 689 g/mol. The van der Waals surface area contributed by atoms with E-state index in [1.54, 1.807) is 0 Å². The number of carbonyl (C=O) groups is 1. The predicted octanol–water partition coefficient (Wildman–Crippen LogP) is 13.4. The van der Waals surface area contributed by atoms with Gasteiger partial charge in [0.15, 0.2) is 0 Å². The van der Waals surface area contributed by atoms with Crippen LogP contribution < -0.4 is 0 Å². The fourth-order valence-corrected chi connectivity index (χ4v) is 7.10. The summed E-state index contributed by atoms with van der Waals surface area (Å²) >= 11 is 0. The topological polar surface area (TPSA) is 89.9 Å². The van der Waals surface area contributed by atoms with Crippen molar-refractivity contribution < 1.29 is 26.7 Å². The van der Waals surface area contributed by atoms with Gasteiger partial charge in [-0.15, -0.1) is 0 Å². The van der Waals surface area contributed by atoms with Crippen molar-refractivity contribution in [3.63, 3.8) is 0 Å². The highest BCUT2D eigenvalue weighted by atomic mass is 32.3. The van der Waals surface area contributed by atoms with Gasteiger partial charge >= 0.3 is 16.4 Å². The Kier molecular flexibility index (Phi) is 37.6. The van der Waals surface area contributed by atoms with E-state index in [0.717, 1.165) is 51.4 Å². The molecule has 0 saturated heterocycles. The molecule has 0 atom stereocenters. The van der Waals surface area contributed by atoms with Crippen LogP contribution in [0.5, 0.6) is 0 Å². The van der Waals surface area contributed by atoms with Crippen LogP contribution in [0.1, 0.15) is 238 Å². The van der Waals surface area contributed by atoms with Gasteiger partial charge in [-0.3, -0.25) is 4.79 Å². The van der Waals surface area contributed by atoms with Gasteiger partial charge in [-0.1, -0.05) is 212 Å². The molecule has 0 bridgehead atoms. The van der Waals surface area contributed by atoms with Crippen molar-refractivity contribution in [3.8, 4) is 0 Å². The van der Waals surface area contributed by atoms with Gasteiger partial charge < -0.3 is 5.11 Å². The molecule has 0 rings (SSSR count). The molecule has 0 heterocycles. The molecular weight excluding hydrogens is 609 g/mol. The van der Waals surface area contributed by atoms with Gasteiger partial charge in [0.2, 0.25) is 0 Å². The number of aliphatic carboxylic acids is 1. The first-order chi connectivity index (χ1) is 23.0. The minimum atomic E-state index is -3.85. The maximum Gasteiger partial charge on any atom is 0.399 e. The molecular formula is C40H80O6S. The van der Waals surface area contributed by atoms with Crippen LogP contribution in [0.15, 0.2) is 0 Å². The van der Waals surface area contributed by atoms with Gasteiger partial charge in [-0.05, 0) is 19.3 Å². The molecule has 0 spiro atoms. The minimum absolute atomic E-state index is 0.228. The van der Waals surface area contributed by atoms with Crippen molar-refractivity contribution in [2.75, 3.05) is 13.2 Å². The smallest absolute Gasteiger partial charge is 0.399 e. The lowest BCUT2D eigenvalue weighted by Gasteiger charge is -2.07. The number of carboxylic acid groups (broad SMARTS) is 1. The lowest BCUT2D eigenvalue weighted by atomic mass is 10.0. The quantitative estimate of drug-likeness (QED) is 0.0643. The second-order valence-electron chi connectivity index (χ2n) is 14.2. The lowest BCUT2D eigenvalue weighted by molar-refractivity contribution is -0.137. The molecule has 0 aromatic heterocycles. The summed E-state index contributed by atoms with van der Waals surface area (Å²) in [7, 11) is -3.85. The highest BCUT2D eigenvalue weighted by Gasteiger charge is 2.11. The van der Waals surface area contributed by atoms with E-state index in [2.05, 4.69) is 6.92 Å². The van der Waals surface area contributed by atoms with Crippen molar-refractivity contribution in [1.82, 2.24) is 0 Å². The van der Waals surface area contributed by atoms with E-state index in [4.69, 9.17) is 13.5 Å². The molecule has 0 aromatic rings. The summed E-state index contributed by atoms with van der Waals surface area (Å²) in [6.07, 6.45) is 44.3. The van der Waals surface area contributed by atoms with E-state index in [9.17, 15) is 13.2 Å². The number of unbranched alkanes of at least 4 members (excludes halogenated alkanes) is 33. The van der Waals surface area contributed by atoms with E-state index in [0.29, 0.717) is 6.42 Å². The number of carboxylic acids is 1. The van der Waals surface area contributed by atoms with Crippen molar-refractivity contribution in [1.29, 1.82) is 0 Å². The molecule has 7 heteroatoms. The number of rotatable bonds is 41. The van der Waals surface area contributed by atoms with Gasteiger partial charge in [0.25, 0.3) is 0 Å². The van der Waals surface area contributed by atoms with E-state index >= 15 is 0 Å². The summed E-state index contributed by atoms with van der Waals surface area (Å²) in [5, 5.41) is 8.64. The Bertz CT molecular complexity index is 726. The Hall–Kier alpha value is -0.660. The Morgan fingerprint density at radius 1 is 0.383 bits per heavy atom. The molecule has 0 saturated carbocycles. The Morgan fingerprint density at radius 2 is 0.596 bits per heavy atom. The molecule has 0 aliphatic heterocycles.